The van der Waals surface area contributed by atoms with Crippen LogP contribution in [0.25, 0.3) is 39.4 Å². The van der Waals surface area contributed by atoms with Crippen molar-refractivity contribution in [2.75, 3.05) is 12.4 Å². The van der Waals surface area contributed by atoms with Gasteiger partial charge in [-0.1, -0.05) is 42.5 Å². The van der Waals surface area contributed by atoms with Crippen LogP contribution in [-0.2, 0) is 0 Å². The first-order valence-electron chi connectivity index (χ1n) is 11.9. The number of anilines is 1. The van der Waals surface area contributed by atoms with Crippen molar-refractivity contribution in [2.45, 2.75) is 6.17 Å². The number of fused-ring (bicyclic) bond motifs is 5. The number of para-hydroxylation sites is 4. The van der Waals surface area contributed by atoms with Crippen LogP contribution in [0.4, 0.5) is 5.69 Å². The molecule has 0 saturated heterocycles. The van der Waals surface area contributed by atoms with Crippen molar-refractivity contribution in [1.29, 1.82) is 0 Å². The van der Waals surface area contributed by atoms with Gasteiger partial charge in [0.15, 0.2) is 0 Å². The average molecular weight is 470 g/mol. The minimum atomic E-state index is -0.197. The van der Waals surface area contributed by atoms with E-state index >= 15 is 0 Å². The summed E-state index contributed by atoms with van der Waals surface area (Å²) in [6.45, 7) is 0. The SMILES string of the molecule is COc1ccc(-c2nn(-c3ccccc3)cc2[C@H]2Nc3ccccc3-c3nc4ccccc4n32)cc1. The van der Waals surface area contributed by atoms with E-state index in [0.29, 0.717) is 0 Å². The molecule has 6 aromatic rings. The van der Waals surface area contributed by atoms with Gasteiger partial charge in [-0.05, 0) is 60.7 Å². The topological polar surface area (TPSA) is 56.9 Å². The van der Waals surface area contributed by atoms with Crippen LogP contribution in [0.1, 0.15) is 11.7 Å². The van der Waals surface area contributed by atoms with Gasteiger partial charge >= 0.3 is 0 Å². The van der Waals surface area contributed by atoms with Crippen molar-refractivity contribution in [3.8, 4) is 34.1 Å². The molecule has 0 unspecified atom stereocenters. The van der Waals surface area contributed by atoms with Crippen LogP contribution in [-0.4, -0.2) is 26.4 Å². The van der Waals surface area contributed by atoms with Crippen molar-refractivity contribution < 1.29 is 4.74 Å². The maximum absolute atomic E-state index is 5.40. The van der Waals surface area contributed by atoms with E-state index in [9.17, 15) is 0 Å². The lowest BCUT2D eigenvalue weighted by molar-refractivity contribution is 0.415. The molecule has 6 nitrogen and oxygen atoms in total. The third-order valence-corrected chi connectivity index (χ3v) is 6.74. The third kappa shape index (κ3) is 3.19. The predicted molar refractivity (Wildman–Crippen MR) is 142 cm³/mol. The zero-order valence-electron chi connectivity index (χ0n) is 19.7. The quantitative estimate of drug-likeness (QED) is 0.319. The van der Waals surface area contributed by atoms with Gasteiger partial charge < -0.3 is 10.1 Å². The fraction of sp³-hybridized carbons (Fsp3) is 0.0667. The molecule has 0 spiro atoms. The molecular formula is C30H23N5O. The number of methoxy groups -OCH3 is 1. The lowest BCUT2D eigenvalue weighted by Crippen LogP contribution is -2.25. The molecule has 0 fully saturated rings. The van der Waals surface area contributed by atoms with Gasteiger partial charge in [0, 0.05) is 28.6 Å². The zero-order chi connectivity index (χ0) is 24.1. The second kappa shape index (κ2) is 8.13. The number of ether oxygens (including phenoxy) is 1. The molecule has 1 aliphatic heterocycles. The second-order valence-corrected chi connectivity index (χ2v) is 8.83. The Morgan fingerprint density at radius 3 is 2.39 bits per heavy atom. The molecule has 4 aromatic carbocycles. The highest BCUT2D eigenvalue weighted by molar-refractivity contribution is 5.87. The largest absolute Gasteiger partial charge is 0.497 e. The van der Waals surface area contributed by atoms with Crippen molar-refractivity contribution in [3.05, 3.63) is 115 Å². The number of hydrogen-bond acceptors (Lipinski definition) is 4. The Morgan fingerprint density at radius 1 is 0.806 bits per heavy atom. The summed E-state index contributed by atoms with van der Waals surface area (Å²) in [4.78, 5) is 5.04. The van der Waals surface area contributed by atoms with E-state index in [-0.39, 0.29) is 6.17 Å². The van der Waals surface area contributed by atoms with Gasteiger partial charge in [-0.25, -0.2) is 9.67 Å². The van der Waals surface area contributed by atoms with E-state index in [0.717, 1.165) is 56.4 Å². The summed E-state index contributed by atoms with van der Waals surface area (Å²) in [6.07, 6.45) is 1.93. The van der Waals surface area contributed by atoms with Crippen LogP contribution in [0.2, 0.25) is 0 Å². The molecular weight excluding hydrogens is 446 g/mol. The fourth-order valence-electron chi connectivity index (χ4n) is 5.00. The lowest BCUT2D eigenvalue weighted by atomic mass is 10.0. The second-order valence-electron chi connectivity index (χ2n) is 8.83. The summed E-state index contributed by atoms with van der Waals surface area (Å²) in [5.41, 5.74) is 8.18. The number of imidazole rings is 1. The third-order valence-electron chi connectivity index (χ3n) is 6.74. The Morgan fingerprint density at radius 2 is 1.56 bits per heavy atom. The molecule has 36 heavy (non-hydrogen) atoms. The van der Waals surface area contributed by atoms with Crippen molar-refractivity contribution >= 4 is 16.7 Å². The zero-order valence-corrected chi connectivity index (χ0v) is 19.7. The first-order chi connectivity index (χ1) is 17.8. The van der Waals surface area contributed by atoms with Crippen LogP contribution < -0.4 is 10.1 Å². The Hall–Kier alpha value is -4.84. The number of rotatable bonds is 4. The summed E-state index contributed by atoms with van der Waals surface area (Å²) >= 11 is 0. The molecule has 2 aromatic heterocycles. The van der Waals surface area contributed by atoms with E-state index < -0.39 is 0 Å². The van der Waals surface area contributed by atoms with Gasteiger partial charge in [0.25, 0.3) is 0 Å². The fourth-order valence-corrected chi connectivity index (χ4v) is 5.00. The Labute approximate surface area is 208 Å². The molecule has 174 valence electrons. The maximum Gasteiger partial charge on any atom is 0.145 e. The standard InChI is InChI=1S/C30H23N5O/c1-36-22-17-15-20(16-18-22)28-24(19-34(33-28)21-9-3-2-4-10-21)30-31-25-12-6-5-11-23(25)29-32-26-13-7-8-14-27(26)35(29)30/h2-19,30-31H,1H3/t30-/m0/s1. The summed E-state index contributed by atoms with van der Waals surface area (Å²) in [6, 6.07) is 34.9. The maximum atomic E-state index is 5.40. The Bertz CT molecular complexity index is 1700. The van der Waals surface area contributed by atoms with Crippen molar-refractivity contribution in [3.63, 3.8) is 0 Å². The monoisotopic (exact) mass is 469 g/mol. The number of nitrogens with zero attached hydrogens (tertiary/aromatic N) is 4. The summed E-state index contributed by atoms with van der Waals surface area (Å²) in [5, 5.41) is 8.87. The number of benzene rings is 4. The highest BCUT2D eigenvalue weighted by atomic mass is 16.5. The molecule has 0 radical (unpaired) electrons. The van der Waals surface area contributed by atoms with Crippen LogP contribution in [0.15, 0.2) is 109 Å². The minimum Gasteiger partial charge on any atom is -0.497 e. The molecule has 7 rings (SSSR count). The first kappa shape index (κ1) is 20.5. The minimum absolute atomic E-state index is 0.197. The molecule has 0 saturated carbocycles. The van der Waals surface area contributed by atoms with E-state index in [1.165, 1.54) is 0 Å². The number of nitrogens with one attached hydrogen (secondary N) is 1. The summed E-state index contributed by atoms with van der Waals surface area (Å²) < 4.78 is 9.64. The van der Waals surface area contributed by atoms with Crippen molar-refractivity contribution in [1.82, 2.24) is 19.3 Å². The highest BCUT2D eigenvalue weighted by Crippen LogP contribution is 2.42. The Balaban J connectivity index is 1.48. The Kier molecular flexibility index (Phi) is 4.64. The molecule has 1 aliphatic rings. The van der Waals surface area contributed by atoms with Crippen LogP contribution in [0, 0.1) is 0 Å². The van der Waals surface area contributed by atoms with Crippen LogP contribution >= 0.6 is 0 Å². The van der Waals surface area contributed by atoms with Crippen LogP contribution in [0.3, 0.4) is 0 Å². The predicted octanol–water partition coefficient (Wildman–Crippen LogP) is 6.54. The van der Waals surface area contributed by atoms with Crippen LogP contribution in [0.5, 0.6) is 5.75 Å². The van der Waals surface area contributed by atoms with Gasteiger partial charge in [0.05, 0.1) is 29.5 Å². The normalized spacial score (nSPS) is 14.2. The van der Waals surface area contributed by atoms with E-state index in [2.05, 4.69) is 82.8 Å². The smallest absolute Gasteiger partial charge is 0.145 e. The van der Waals surface area contributed by atoms with Crippen molar-refractivity contribution in [2.24, 2.45) is 0 Å². The summed E-state index contributed by atoms with van der Waals surface area (Å²) in [7, 11) is 1.68. The lowest BCUT2D eigenvalue weighted by Gasteiger charge is -2.30. The molecule has 1 atom stereocenters. The molecule has 6 heteroatoms. The average Bonchev–Trinajstić information content (AvgIpc) is 3.56. The molecule has 0 bridgehead atoms. The van der Waals surface area contributed by atoms with E-state index in [1.54, 1.807) is 7.11 Å². The molecule has 3 heterocycles. The molecule has 0 aliphatic carbocycles. The van der Waals surface area contributed by atoms with E-state index in [4.69, 9.17) is 14.8 Å². The van der Waals surface area contributed by atoms with Gasteiger partial charge in [0.1, 0.15) is 17.7 Å². The molecule has 0 amide bonds. The van der Waals surface area contributed by atoms with Gasteiger partial charge in [-0.15, -0.1) is 0 Å². The molecule has 1 N–H and O–H groups in total. The first-order valence-corrected chi connectivity index (χ1v) is 11.9. The highest BCUT2D eigenvalue weighted by Gasteiger charge is 2.31. The number of aromatic nitrogens is 4. The van der Waals surface area contributed by atoms with Gasteiger partial charge in [0.2, 0.25) is 0 Å². The van der Waals surface area contributed by atoms with Gasteiger partial charge in [-0.2, -0.15) is 5.10 Å². The summed E-state index contributed by atoms with van der Waals surface area (Å²) in [5.74, 6) is 1.76. The van der Waals surface area contributed by atoms with E-state index in [1.807, 2.05) is 41.1 Å². The number of hydrogen-bond donors (Lipinski definition) is 1. The van der Waals surface area contributed by atoms with Gasteiger partial charge in [-0.3, -0.25) is 4.57 Å².